The van der Waals surface area contributed by atoms with Gasteiger partial charge < -0.3 is 21.7 Å². The van der Waals surface area contributed by atoms with Crippen molar-refractivity contribution in [1.82, 2.24) is 20.4 Å². The third kappa shape index (κ3) is 4.60. The molecule has 42 heavy (non-hydrogen) atoms. The average molecular weight is 566 g/mol. The highest BCUT2D eigenvalue weighted by atomic mass is 16.5. The first kappa shape index (κ1) is 27.5. The number of aromatic amines is 1. The van der Waals surface area contributed by atoms with Gasteiger partial charge in [-0.3, -0.25) is 14.3 Å². The van der Waals surface area contributed by atoms with Crippen molar-refractivity contribution < 1.29 is 9.32 Å². The van der Waals surface area contributed by atoms with Gasteiger partial charge in [-0.1, -0.05) is 36.5 Å². The molecule has 2 aromatic carbocycles. The summed E-state index contributed by atoms with van der Waals surface area (Å²) in [5.74, 6) is -0.192. The molecule has 1 aliphatic heterocycles. The molecule has 0 bridgehead atoms. The lowest BCUT2D eigenvalue weighted by molar-refractivity contribution is 0.1000. The second-order valence-electron chi connectivity index (χ2n) is 11.9. The van der Waals surface area contributed by atoms with E-state index in [9.17, 15) is 14.9 Å². The molecule has 10 heteroatoms. The first-order chi connectivity index (χ1) is 20.1. The number of aryl methyl sites for hydroxylation is 2. The minimum atomic E-state index is -0.934. The number of nitrogens with zero attached hydrogens (tertiary/aromatic N) is 3. The molecule has 216 valence electrons. The van der Waals surface area contributed by atoms with Gasteiger partial charge in [0.2, 0.25) is 5.91 Å². The van der Waals surface area contributed by atoms with E-state index in [-0.39, 0.29) is 12.1 Å². The molecule has 6 rings (SSSR count). The molecule has 0 spiro atoms. The van der Waals surface area contributed by atoms with Crippen LogP contribution in [0.3, 0.4) is 0 Å². The average Bonchev–Trinajstić information content (AvgIpc) is 3.46. The Labute approximate surface area is 244 Å². The van der Waals surface area contributed by atoms with Gasteiger partial charge >= 0.3 is 5.76 Å². The van der Waals surface area contributed by atoms with Crippen molar-refractivity contribution in [3.05, 3.63) is 105 Å². The van der Waals surface area contributed by atoms with Crippen LogP contribution in [0.5, 0.6) is 0 Å². The van der Waals surface area contributed by atoms with Crippen LogP contribution in [-0.2, 0) is 18.3 Å². The molecule has 2 unspecified atom stereocenters. The van der Waals surface area contributed by atoms with Crippen LogP contribution in [0.2, 0.25) is 0 Å². The lowest BCUT2D eigenvalue weighted by Gasteiger charge is -2.37. The zero-order valence-electron chi connectivity index (χ0n) is 23.7. The smallest absolute Gasteiger partial charge is 0.399 e. The molecule has 1 amide bonds. The summed E-state index contributed by atoms with van der Waals surface area (Å²) in [7, 11) is 0. The number of benzene rings is 2. The van der Waals surface area contributed by atoms with Gasteiger partial charge in [-0.2, -0.15) is 5.26 Å². The molecular formula is C32H35N7O3. The van der Waals surface area contributed by atoms with Crippen LogP contribution in [0, 0.1) is 17.2 Å². The Kier molecular flexibility index (Phi) is 6.78. The monoisotopic (exact) mass is 565 g/mol. The van der Waals surface area contributed by atoms with Gasteiger partial charge in [0.15, 0.2) is 5.82 Å². The number of piperidine rings is 1. The maximum absolute atomic E-state index is 12.4. The molecule has 2 aliphatic carbocycles. The van der Waals surface area contributed by atoms with Crippen LogP contribution in [0.25, 0.3) is 5.70 Å². The number of primary amides is 1. The maximum Gasteiger partial charge on any atom is 0.438 e. The maximum atomic E-state index is 12.4. The number of hydrogen-bond acceptors (Lipinski definition) is 8. The predicted octanol–water partition coefficient (Wildman–Crippen LogP) is 2.69. The zero-order chi connectivity index (χ0) is 29.8. The number of amides is 1. The third-order valence-electron chi connectivity index (χ3n) is 9.18. The van der Waals surface area contributed by atoms with Gasteiger partial charge in [0, 0.05) is 35.6 Å². The van der Waals surface area contributed by atoms with E-state index in [1.165, 1.54) is 0 Å². The highest BCUT2D eigenvalue weighted by Crippen LogP contribution is 2.49. The molecular weight excluding hydrogens is 530 g/mol. The SMILES string of the molecule is C=C(N)c1ccc2c(c1)CCc1cc(C(N)=O)ccc1C2(C[C@@H](C)NCC(=C)N1C(C#N)C[C@@H]2C[C@@H]21)c1noc(=O)[nH]1. The fraction of sp³-hybridized carbons (Fsp3) is 0.375. The molecule has 1 saturated heterocycles. The first-order valence-electron chi connectivity index (χ1n) is 14.3. The Morgan fingerprint density at radius 1 is 1.19 bits per heavy atom. The van der Waals surface area contributed by atoms with Gasteiger partial charge in [0.25, 0.3) is 0 Å². The normalized spacial score (nSPS) is 24.5. The van der Waals surface area contributed by atoms with E-state index < -0.39 is 17.1 Å². The molecule has 1 saturated carbocycles. The highest BCUT2D eigenvalue weighted by Gasteiger charge is 2.52. The van der Waals surface area contributed by atoms with Crippen molar-refractivity contribution in [2.45, 2.75) is 62.6 Å². The molecule has 2 heterocycles. The molecule has 10 nitrogen and oxygen atoms in total. The molecule has 6 N–H and O–H groups in total. The summed E-state index contributed by atoms with van der Waals surface area (Å²) in [5.41, 5.74) is 17.2. The van der Waals surface area contributed by atoms with Crippen molar-refractivity contribution >= 4 is 11.6 Å². The number of nitriles is 1. The zero-order valence-corrected chi connectivity index (χ0v) is 23.7. The van der Waals surface area contributed by atoms with E-state index in [0.29, 0.717) is 54.9 Å². The summed E-state index contributed by atoms with van der Waals surface area (Å²) in [5, 5.41) is 17.5. The molecule has 2 fully saturated rings. The molecule has 5 atom stereocenters. The second kappa shape index (κ2) is 10.3. The summed E-state index contributed by atoms with van der Waals surface area (Å²) >= 11 is 0. The van der Waals surface area contributed by atoms with Crippen molar-refractivity contribution in [2.24, 2.45) is 17.4 Å². The van der Waals surface area contributed by atoms with E-state index in [2.05, 4.69) is 46.5 Å². The Morgan fingerprint density at radius 3 is 2.45 bits per heavy atom. The summed E-state index contributed by atoms with van der Waals surface area (Å²) in [6, 6.07) is 14.1. The summed E-state index contributed by atoms with van der Waals surface area (Å²) < 4.78 is 5.08. The van der Waals surface area contributed by atoms with Crippen LogP contribution in [0.1, 0.15) is 70.2 Å². The number of carbonyl (C=O) groups is 1. The number of hydrogen-bond donors (Lipinski definition) is 4. The Morgan fingerprint density at radius 2 is 1.86 bits per heavy atom. The Balaban J connectivity index is 1.43. The number of H-pyrrole nitrogens is 1. The number of rotatable bonds is 9. The van der Waals surface area contributed by atoms with E-state index >= 15 is 0 Å². The van der Waals surface area contributed by atoms with E-state index in [1.54, 1.807) is 6.07 Å². The quantitative estimate of drug-likeness (QED) is 0.307. The van der Waals surface area contributed by atoms with Crippen molar-refractivity contribution in [1.29, 1.82) is 5.26 Å². The second-order valence-corrected chi connectivity index (χ2v) is 11.9. The molecule has 0 radical (unpaired) electrons. The van der Waals surface area contributed by atoms with Crippen molar-refractivity contribution in [3.63, 3.8) is 0 Å². The van der Waals surface area contributed by atoms with Crippen LogP contribution in [0.4, 0.5) is 0 Å². The summed E-state index contributed by atoms with van der Waals surface area (Å²) in [6.45, 7) is 10.8. The van der Waals surface area contributed by atoms with Gasteiger partial charge in [0.05, 0.1) is 11.5 Å². The first-order valence-corrected chi connectivity index (χ1v) is 14.3. The van der Waals surface area contributed by atoms with Crippen molar-refractivity contribution in [2.75, 3.05) is 6.54 Å². The standard InChI is InChI=1S/C32H35N7O3/c1-17(36-16-18(2)39-25(15-33)12-24-13-28(24)39)14-32(30-37-31(41)42-38-30)26-8-6-20(19(3)34)10-21(26)4-5-22-11-23(29(35)40)7-9-27(22)32/h6-11,17,24-25,28,36H,2-5,12-14,16,34H2,1H3,(H2,35,40)(H,37,38,41)/t17-,24-,25?,28+,32?/m1/s1. The van der Waals surface area contributed by atoms with Crippen LogP contribution in [0.15, 0.2) is 64.6 Å². The molecule has 1 aromatic heterocycles. The largest absolute Gasteiger partial charge is 0.438 e. The highest BCUT2D eigenvalue weighted by molar-refractivity contribution is 5.93. The fourth-order valence-electron chi connectivity index (χ4n) is 7.13. The molecule has 3 aromatic rings. The summed E-state index contributed by atoms with van der Waals surface area (Å²) in [4.78, 5) is 29.5. The van der Waals surface area contributed by atoms with E-state index in [4.69, 9.17) is 16.0 Å². The van der Waals surface area contributed by atoms with Crippen LogP contribution < -0.4 is 22.5 Å². The number of nitrogens with two attached hydrogens (primary N) is 2. The minimum Gasteiger partial charge on any atom is -0.399 e. The van der Waals surface area contributed by atoms with Crippen LogP contribution in [-0.4, -0.2) is 45.6 Å². The lowest BCUT2D eigenvalue weighted by Crippen LogP contribution is -2.42. The van der Waals surface area contributed by atoms with Gasteiger partial charge in [-0.05, 0) is 91.0 Å². The van der Waals surface area contributed by atoms with Gasteiger partial charge in [0.1, 0.15) is 6.04 Å². The van der Waals surface area contributed by atoms with Crippen LogP contribution >= 0.6 is 0 Å². The van der Waals surface area contributed by atoms with E-state index in [1.807, 2.05) is 30.3 Å². The van der Waals surface area contributed by atoms with Crippen molar-refractivity contribution in [3.8, 4) is 6.07 Å². The number of likely N-dealkylation sites (tertiary alicyclic amines) is 1. The van der Waals surface area contributed by atoms with E-state index in [0.717, 1.165) is 46.4 Å². The number of fused-ring (bicyclic) bond motifs is 3. The number of aromatic nitrogens is 2. The van der Waals surface area contributed by atoms with Gasteiger partial charge in [-0.15, -0.1) is 0 Å². The van der Waals surface area contributed by atoms with Gasteiger partial charge in [-0.25, -0.2) is 4.79 Å². The molecule has 3 aliphatic rings. The fourth-order valence-corrected chi connectivity index (χ4v) is 7.13. The Hall–Kier alpha value is -4.62. The third-order valence-corrected chi connectivity index (χ3v) is 9.18. The topological polar surface area (TPSA) is 167 Å². The minimum absolute atomic E-state index is 0.0983. The predicted molar refractivity (Wildman–Crippen MR) is 158 cm³/mol. The Bertz CT molecular complexity index is 1630. The lowest BCUT2D eigenvalue weighted by atomic mass is 9.67. The number of nitrogens with one attached hydrogen (secondary N) is 2. The number of carbonyl (C=O) groups excluding carboxylic acids is 1. The summed E-state index contributed by atoms with van der Waals surface area (Å²) in [6.07, 6.45) is 3.82.